The summed E-state index contributed by atoms with van der Waals surface area (Å²) in [7, 11) is 0. The van der Waals surface area contributed by atoms with Gasteiger partial charge in [-0.15, -0.1) is 11.8 Å². The van der Waals surface area contributed by atoms with Crippen LogP contribution >= 0.6 is 39.9 Å². The number of amides is 2. The highest BCUT2D eigenvalue weighted by atomic mass is 79.9. The lowest BCUT2D eigenvalue weighted by molar-refractivity contribution is -0.121. The predicted octanol–water partition coefficient (Wildman–Crippen LogP) is 5.68. The van der Waals surface area contributed by atoms with Crippen molar-refractivity contribution in [3.63, 3.8) is 0 Å². The van der Waals surface area contributed by atoms with E-state index in [9.17, 15) is 9.59 Å². The van der Waals surface area contributed by atoms with Gasteiger partial charge in [0.1, 0.15) is 0 Å². The monoisotopic (exact) mass is 511 g/mol. The van der Waals surface area contributed by atoms with Gasteiger partial charge in [0.05, 0.1) is 10.9 Å². The molecule has 5 nitrogen and oxygen atoms in total. The van der Waals surface area contributed by atoms with Crippen LogP contribution in [0.2, 0.25) is 0 Å². The zero-order valence-corrected chi connectivity index (χ0v) is 19.5. The molecule has 2 N–H and O–H groups in total. The summed E-state index contributed by atoms with van der Waals surface area (Å²) in [5, 5.41) is 6.32. The standard InChI is InChI=1S/C23H18BrN3O2S2/c24-15-6-10-18(11-7-15)27-21(28)14-20(22(27)29)31-19-12-8-17(9-13-19)26-23(30)25-16-4-2-1-3-5-16/h1-13,20H,14H2,(H2,25,26,30)/t20-/m0/s1. The Morgan fingerprint density at radius 1 is 0.903 bits per heavy atom. The fourth-order valence-corrected chi connectivity index (χ4v) is 4.71. The highest BCUT2D eigenvalue weighted by molar-refractivity contribution is 9.10. The molecule has 0 aliphatic carbocycles. The highest BCUT2D eigenvalue weighted by Crippen LogP contribution is 2.34. The van der Waals surface area contributed by atoms with Crippen LogP contribution in [0.1, 0.15) is 6.42 Å². The lowest BCUT2D eigenvalue weighted by atomic mass is 10.3. The number of halogens is 1. The molecule has 1 aliphatic rings. The molecule has 31 heavy (non-hydrogen) atoms. The molecule has 0 aromatic heterocycles. The van der Waals surface area contributed by atoms with Crippen LogP contribution in [-0.4, -0.2) is 22.2 Å². The Hall–Kier alpha value is -2.68. The summed E-state index contributed by atoms with van der Waals surface area (Å²) in [5.41, 5.74) is 2.34. The third-order valence-corrected chi connectivity index (χ3v) is 6.54. The van der Waals surface area contributed by atoms with Gasteiger partial charge >= 0.3 is 0 Å². The van der Waals surface area contributed by atoms with E-state index >= 15 is 0 Å². The van der Waals surface area contributed by atoms with Crippen LogP contribution in [0.15, 0.2) is 88.2 Å². The number of nitrogens with zero attached hydrogens (tertiary/aromatic N) is 1. The fraction of sp³-hybridized carbons (Fsp3) is 0.0870. The van der Waals surface area contributed by atoms with Crippen molar-refractivity contribution in [2.75, 3.05) is 15.5 Å². The minimum Gasteiger partial charge on any atom is -0.332 e. The van der Waals surface area contributed by atoms with E-state index < -0.39 is 5.25 Å². The van der Waals surface area contributed by atoms with Gasteiger partial charge in [0.2, 0.25) is 11.8 Å². The minimum atomic E-state index is -0.434. The van der Waals surface area contributed by atoms with Gasteiger partial charge in [0.15, 0.2) is 5.11 Å². The Bertz CT molecular complexity index is 1110. The number of hydrogen-bond donors (Lipinski definition) is 2. The van der Waals surface area contributed by atoms with E-state index in [1.165, 1.54) is 16.7 Å². The summed E-state index contributed by atoms with van der Waals surface area (Å²) in [5.74, 6) is -0.367. The zero-order chi connectivity index (χ0) is 21.8. The second-order valence-electron chi connectivity index (χ2n) is 6.82. The maximum Gasteiger partial charge on any atom is 0.247 e. The van der Waals surface area contributed by atoms with Gasteiger partial charge in [0.25, 0.3) is 0 Å². The van der Waals surface area contributed by atoms with Crippen molar-refractivity contribution in [1.82, 2.24) is 0 Å². The molecule has 1 saturated heterocycles. The number of carbonyl (C=O) groups excluding carboxylic acids is 2. The Morgan fingerprint density at radius 2 is 1.52 bits per heavy atom. The first kappa shape index (κ1) is 21.5. The molecule has 8 heteroatoms. The number of carbonyl (C=O) groups is 2. The molecule has 1 atom stereocenters. The molecule has 156 valence electrons. The quantitative estimate of drug-likeness (QED) is 0.339. The van der Waals surface area contributed by atoms with Gasteiger partial charge in [-0.3, -0.25) is 9.59 Å². The van der Waals surface area contributed by atoms with Crippen molar-refractivity contribution in [2.24, 2.45) is 0 Å². The van der Waals surface area contributed by atoms with Gasteiger partial charge in [-0.25, -0.2) is 4.90 Å². The first-order valence-corrected chi connectivity index (χ1v) is 11.6. The SMILES string of the molecule is O=C1C[C@H](Sc2ccc(NC(=S)Nc3ccccc3)cc2)C(=O)N1c1ccc(Br)cc1. The van der Waals surface area contributed by atoms with E-state index in [0.29, 0.717) is 10.8 Å². The molecule has 1 fully saturated rings. The van der Waals surface area contributed by atoms with E-state index in [4.69, 9.17) is 12.2 Å². The molecule has 1 heterocycles. The molecule has 0 unspecified atom stereocenters. The maximum absolute atomic E-state index is 12.8. The molecule has 0 saturated carbocycles. The second-order valence-corrected chi connectivity index (χ2v) is 9.42. The molecule has 2 amide bonds. The Kier molecular flexibility index (Phi) is 6.70. The van der Waals surface area contributed by atoms with E-state index in [1.807, 2.05) is 66.7 Å². The summed E-state index contributed by atoms with van der Waals surface area (Å²) >= 11 is 10.1. The zero-order valence-electron chi connectivity index (χ0n) is 16.2. The van der Waals surface area contributed by atoms with Crippen LogP contribution in [0.5, 0.6) is 0 Å². The molecular weight excluding hydrogens is 494 g/mol. The number of para-hydroxylation sites is 1. The number of imide groups is 1. The van der Waals surface area contributed by atoms with Crippen molar-refractivity contribution < 1.29 is 9.59 Å². The van der Waals surface area contributed by atoms with Crippen LogP contribution < -0.4 is 15.5 Å². The second kappa shape index (κ2) is 9.64. The van der Waals surface area contributed by atoms with Crippen LogP contribution in [-0.2, 0) is 9.59 Å². The lowest BCUT2D eigenvalue weighted by Crippen LogP contribution is -2.31. The number of anilines is 3. The average molecular weight is 512 g/mol. The number of hydrogen-bond acceptors (Lipinski definition) is 4. The average Bonchev–Trinajstić information content (AvgIpc) is 3.04. The third-order valence-electron chi connectivity index (χ3n) is 4.61. The van der Waals surface area contributed by atoms with Crippen LogP contribution in [0.25, 0.3) is 0 Å². The van der Waals surface area contributed by atoms with E-state index in [2.05, 4.69) is 26.6 Å². The highest BCUT2D eigenvalue weighted by Gasteiger charge is 2.40. The largest absolute Gasteiger partial charge is 0.332 e. The summed E-state index contributed by atoms with van der Waals surface area (Å²) in [6.07, 6.45) is 0.185. The molecule has 0 bridgehead atoms. The lowest BCUT2D eigenvalue weighted by Gasteiger charge is -2.15. The molecule has 3 aromatic carbocycles. The molecular formula is C23H18BrN3O2S2. The van der Waals surface area contributed by atoms with Gasteiger partial charge in [-0.05, 0) is 72.9 Å². The predicted molar refractivity (Wildman–Crippen MR) is 134 cm³/mol. The Labute approximate surface area is 198 Å². The van der Waals surface area contributed by atoms with E-state index in [1.54, 1.807) is 12.1 Å². The first-order valence-electron chi connectivity index (χ1n) is 9.52. The molecule has 4 rings (SSSR count). The van der Waals surface area contributed by atoms with Crippen molar-refractivity contribution >= 4 is 73.9 Å². The van der Waals surface area contributed by atoms with Gasteiger partial charge in [-0.2, -0.15) is 0 Å². The molecule has 3 aromatic rings. The van der Waals surface area contributed by atoms with Crippen LogP contribution in [0.4, 0.5) is 17.1 Å². The summed E-state index contributed by atoms with van der Waals surface area (Å²) in [6.45, 7) is 0. The molecule has 0 spiro atoms. The Morgan fingerprint density at radius 3 is 2.16 bits per heavy atom. The van der Waals surface area contributed by atoms with E-state index in [-0.39, 0.29) is 18.2 Å². The van der Waals surface area contributed by atoms with Gasteiger partial charge in [-0.1, -0.05) is 34.1 Å². The smallest absolute Gasteiger partial charge is 0.247 e. The molecule has 0 radical (unpaired) electrons. The minimum absolute atomic E-state index is 0.180. The van der Waals surface area contributed by atoms with Gasteiger partial charge < -0.3 is 10.6 Å². The number of thiocarbonyl (C=S) groups is 1. The topological polar surface area (TPSA) is 61.4 Å². The van der Waals surface area contributed by atoms with E-state index in [0.717, 1.165) is 20.7 Å². The maximum atomic E-state index is 12.8. The third kappa shape index (κ3) is 5.33. The van der Waals surface area contributed by atoms with Gasteiger partial charge in [0, 0.05) is 27.2 Å². The molecule has 1 aliphatic heterocycles. The van der Waals surface area contributed by atoms with Crippen molar-refractivity contribution in [2.45, 2.75) is 16.6 Å². The van der Waals surface area contributed by atoms with Crippen LogP contribution in [0, 0.1) is 0 Å². The summed E-state index contributed by atoms with van der Waals surface area (Å²) in [4.78, 5) is 27.5. The first-order chi connectivity index (χ1) is 15.0. The summed E-state index contributed by atoms with van der Waals surface area (Å²) in [6, 6.07) is 24.5. The number of benzene rings is 3. The number of thioether (sulfide) groups is 1. The van der Waals surface area contributed by atoms with Crippen molar-refractivity contribution in [3.05, 3.63) is 83.3 Å². The normalized spacial score (nSPS) is 15.8. The van der Waals surface area contributed by atoms with Crippen LogP contribution in [0.3, 0.4) is 0 Å². The number of rotatable bonds is 5. The van der Waals surface area contributed by atoms with Crippen molar-refractivity contribution in [3.8, 4) is 0 Å². The Balaban J connectivity index is 1.36. The summed E-state index contributed by atoms with van der Waals surface area (Å²) < 4.78 is 0.897. The van der Waals surface area contributed by atoms with Crippen molar-refractivity contribution in [1.29, 1.82) is 0 Å². The number of nitrogens with one attached hydrogen (secondary N) is 2. The fourth-order valence-electron chi connectivity index (χ4n) is 3.15.